The van der Waals surface area contributed by atoms with Crippen molar-refractivity contribution in [3.63, 3.8) is 0 Å². The van der Waals surface area contributed by atoms with Crippen molar-refractivity contribution in [1.29, 1.82) is 0 Å². The molecule has 2 aromatic heterocycles. The number of fused-ring (bicyclic) bond motifs is 1. The Hall–Kier alpha value is -3.10. The van der Waals surface area contributed by atoms with Crippen LogP contribution in [0.5, 0.6) is 0 Å². The standard InChI is InChI=1S/C21H26N4O8S2/c1-5-15(19(26)21-23-16-8-6-7-9-18(16)32-21)22-20(27)17(25-34(4,28)29)11-35(30,31)10-14-12(2)24-33-13(14)3/h6-9,15,17,25H,5,10-11H2,1-4H3,(H,22,27)/t15-,17-/m0/s1. The number of rotatable bonds is 11. The summed E-state index contributed by atoms with van der Waals surface area (Å²) in [5.74, 6) is -2.87. The smallest absolute Gasteiger partial charge is 0.266 e. The SMILES string of the molecule is CC[C@H](NC(=O)[C@H](CS(=O)(=O)Cc1c(C)noc1C)NS(C)(=O)=O)C(=O)c1nc2ccccc2o1. The molecule has 0 spiro atoms. The molecule has 0 radical (unpaired) electrons. The summed E-state index contributed by atoms with van der Waals surface area (Å²) in [4.78, 5) is 30.0. The zero-order valence-electron chi connectivity index (χ0n) is 19.6. The van der Waals surface area contributed by atoms with Crippen molar-refractivity contribution < 1.29 is 35.4 Å². The molecule has 3 aromatic rings. The first-order valence-electron chi connectivity index (χ1n) is 10.6. The van der Waals surface area contributed by atoms with E-state index in [0.717, 1.165) is 6.26 Å². The zero-order valence-corrected chi connectivity index (χ0v) is 21.2. The largest absolute Gasteiger partial charge is 0.434 e. The number of carbonyl (C=O) groups is 2. The molecule has 0 aliphatic rings. The van der Waals surface area contributed by atoms with Gasteiger partial charge < -0.3 is 14.3 Å². The van der Waals surface area contributed by atoms with Gasteiger partial charge in [-0.3, -0.25) is 9.59 Å². The van der Waals surface area contributed by atoms with E-state index >= 15 is 0 Å². The summed E-state index contributed by atoms with van der Waals surface area (Å²) in [6.07, 6.45) is 0.926. The van der Waals surface area contributed by atoms with E-state index in [1.165, 1.54) is 0 Å². The van der Waals surface area contributed by atoms with Crippen LogP contribution in [0.15, 0.2) is 33.2 Å². The highest BCUT2D eigenvalue weighted by Crippen LogP contribution is 2.18. The highest BCUT2D eigenvalue weighted by atomic mass is 32.2. The molecule has 35 heavy (non-hydrogen) atoms. The number of carbonyl (C=O) groups excluding carboxylic acids is 2. The third kappa shape index (κ3) is 6.74. The molecule has 190 valence electrons. The fraction of sp³-hybridized carbons (Fsp3) is 0.429. The Labute approximate surface area is 202 Å². The molecule has 0 aliphatic carbocycles. The van der Waals surface area contributed by atoms with Gasteiger partial charge >= 0.3 is 0 Å². The first-order valence-corrected chi connectivity index (χ1v) is 14.3. The molecule has 14 heteroatoms. The summed E-state index contributed by atoms with van der Waals surface area (Å²) in [5.41, 5.74) is 1.55. The third-order valence-corrected chi connectivity index (χ3v) is 7.47. The van der Waals surface area contributed by atoms with Crippen LogP contribution < -0.4 is 10.0 Å². The van der Waals surface area contributed by atoms with Crippen LogP contribution in [0.25, 0.3) is 11.1 Å². The van der Waals surface area contributed by atoms with Crippen molar-refractivity contribution in [2.45, 2.75) is 45.0 Å². The number of sulfonamides is 1. The second kappa shape index (κ2) is 10.3. The van der Waals surface area contributed by atoms with E-state index < -0.39 is 55.1 Å². The molecule has 1 aromatic carbocycles. The minimum Gasteiger partial charge on any atom is -0.434 e. The molecule has 0 fully saturated rings. The van der Waals surface area contributed by atoms with Gasteiger partial charge in [-0.1, -0.05) is 24.2 Å². The van der Waals surface area contributed by atoms with Gasteiger partial charge in [0.15, 0.2) is 15.4 Å². The van der Waals surface area contributed by atoms with Crippen molar-refractivity contribution in [2.24, 2.45) is 0 Å². The molecule has 2 N–H and O–H groups in total. The van der Waals surface area contributed by atoms with E-state index in [2.05, 4.69) is 15.5 Å². The number of sulfone groups is 1. The Kier molecular flexibility index (Phi) is 7.77. The Morgan fingerprint density at radius 2 is 1.77 bits per heavy atom. The Bertz CT molecular complexity index is 1400. The molecule has 3 rings (SSSR count). The van der Waals surface area contributed by atoms with Gasteiger partial charge in [0.05, 0.1) is 29.5 Å². The van der Waals surface area contributed by atoms with Crippen LogP contribution in [-0.4, -0.2) is 62.8 Å². The average Bonchev–Trinajstić information content (AvgIpc) is 3.33. The van der Waals surface area contributed by atoms with Gasteiger partial charge in [-0.25, -0.2) is 26.5 Å². The molecular weight excluding hydrogens is 500 g/mol. The summed E-state index contributed by atoms with van der Waals surface area (Å²) >= 11 is 0. The van der Waals surface area contributed by atoms with Crippen molar-refractivity contribution in [1.82, 2.24) is 20.2 Å². The summed E-state index contributed by atoms with van der Waals surface area (Å²) in [6.45, 7) is 4.75. The minimum absolute atomic E-state index is 0.126. The van der Waals surface area contributed by atoms with Crippen LogP contribution in [0.4, 0.5) is 0 Å². The van der Waals surface area contributed by atoms with Gasteiger partial charge in [0.1, 0.15) is 17.3 Å². The van der Waals surface area contributed by atoms with Crippen LogP contribution in [0.3, 0.4) is 0 Å². The van der Waals surface area contributed by atoms with Crippen LogP contribution >= 0.6 is 0 Å². The maximum atomic E-state index is 13.0. The normalized spacial score (nSPS) is 14.1. The maximum absolute atomic E-state index is 13.0. The third-order valence-electron chi connectivity index (χ3n) is 5.18. The number of Topliss-reactive ketones (excluding diaryl/α,β-unsaturated/α-hetero) is 1. The number of ketones is 1. The number of oxazole rings is 1. The van der Waals surface area contributed by atoms with E-state index in [-0.39, 0.29) is 12.3 Å². The molecule has 0 unspecified atom stereocenters. The van der Waals surface area contributed by atoms with Crippen LogP contribution in [0, 0.1) is 13.8 Å². The molecular formula is C21H26N4O8S2. The lowest BCUT2D eigenvalue weighted by molar-refractivity contribution is -0.122. The van der Waals surface area contributed by atoms with Gasteiger partial charge in [-0.2, -0.15) is 0 Å². The predicted octanol–water partition coefficient (Wildman–Crippen LogP) is 1.04. The van der Waals surface area contributed by atoms with Gasteiger partial charge in [-0.15, -0.1) is 0 Å². The number of aromatic nitrogens is 2. The van der Waals surface area contributed by atoms with Crippen molar-refractivity contribution in [2.75, 3.05) is 12.0 Å². The van der Waals surface area contributed by atoms with E-state index in [9.17, 15) is 26.4 Å². The Morgan fingerprint density at radius 1 is 1.09 bits per heavy atom. The summed E-state index contributed by atoms with van der Waals surface area (Å²) in [6, 6.07) is 3.93. The van der Waals surface area contributed by atoms with Crippen molar-refractivity contribution in [3.8, 4) is 0 Å². The number of aryl methyl sites for hydroxylation is 2. The number of para-hydroxylation sites is 2. The summed E-state index contributed by atoms with van der Waals surface area (Å²) in [5, 5.41) is 6.13. The number of nitrogens with one attached hydrogen (secondary N) is 2. The monoisotopic (exact) mass is 526 g/mol. The number of nitrogens with zero attached hydrogens (tertiary/aromatic N) is 2. The van der Waals surface area contributed by atoms with Gasteiger partial charge in [0.2, 0.25) is 21.7 Å². The topological polar surface area (TPSA) is 179 Å². The van der Waals surface area contributed by atoms with Gasteiger partial charge in [-0.05, 0) is 32.4 Å². The van der Waals surface area contributed by atoms with Crippen LogP contribution in [-0.2, 0) is 30.4 Å². The maximum Gasteiger partial charge on any atom is 0.266 e. The number of hydrogen-bond acceptors (Lipinski definition) is 10. The Morgan fingerprint density at radius 3 is 2.34 bits per heavy atom. The molecule has 1 amide bonds. The lowest BCUT2D eigenvalue weighted by Crippen LogP contribution is -2.53. The van der Waals surface area contributed by atoms with Crippen LogP contribution in [0.1, 0.15) is 41.0 Å². The summed E-state index contributed by atoms with van der Waals surface area (Å²) in [7, 11) is -7.98. The molecule has 12 nitrogen and oxygen atoms in total. The first kappa shape index (κ1) is 26.5. The van der Waals surface area contributed by atoms with E-state index in [1.54, 1.807) is 45.0 Å². The molecule has 0 saturated carbocycles. The number of benzene rings is 1. The fourth-order valence-electron chi connectivity index (χ4n) is 3.41. The van der Waals surface area contributed by atoms with Crippen molar-refractivity contribution >= 4 is 42.7 Å². The zero-order chi connectivity index (χ0) is 26.0. The lowest BCUT2D eigenvalue weighted by Gasteiger charge is -2.21. The van der Waals surface area contributed by atoms with Crippen LogP contribution in [0.2, 0.25) is 0 Å². The fourth-order valence-corrected chi connectivity index (χ4v) is 5.94. The minimum atomic E-state index is -4.00. The molecule has 2 atom stereocenters. The molecule has 2 heterocycles. The van der Waals surface area contributed by atoms with E-state index in [4.69, 9.17) is 8.94 Å². The summed E-state index contributed by atoms with van der Waals surface area (Å²) < 4.78 is 61.9. The molecule has 0 bridgehead atoms. The predicted molar refractivity (Wildman–Crippen MR) is 126 cm³/mol. The van der Waals surface area contributed by atoms with E-state index in [1.807, 2.05) is 4.72 Å². The molecule has 0 saturated heterocycles. The lowest BCUT2D eigenvalue weighted by atomic mass is 10.1. The number of amides is 1. The quantitative estimate of drug-likeness (QED) is 0.343. The second-order valence-electron chi connectivity index (χ2n) is 8.12. The first-order chi connectivity index (χ1) is 16.3. The van der Waals surface area contributed by atoms with Gasteiger partial charge in [0.25, 0.3) is 5.89 Å². The average molecular weight is 527 g/mol. The highest BCUT2D eigenvalue weighted by Gasteiger charge is 2.33. The van der Waals surface area contributed by atoms with E-state index in [0.29, 0.717) is 28.1 Å². The van der Waals surface area contributed by atoms with Gasteiger partial charge in [0, 0.05) is 5.56 Å². The highest BCUT2D eigenvalue weighted by molar-refractivity contribution is 7.91. The van der Waals surface area contributed by atoms with Crippen molar-refractivity contribution in [3.05, 3.63) is 47.2 Å². The second-order valence-corrected chi connectivity index (χ2v) is 12.0. The molecule has 0 aliphatic heterocycles. The number of hydrogen-bond donors (Lipinski definition) is 2. The Balaban J connectivity index is 1.80.